The van der Waals surface area contributed by atoms with E-state index in [4.69, 9.17) is 0 Å². The number of rotatable bonds is 6. The van der Waals surface area contributed by atoms with E-state index >= 15 is 0 Å². The maximum Gasteiger partial charge on any atom is 0.249 e. The first kappa shape index (κ1) is 23.0. The molecular weight excluding hydrogens is 432 g/mol. The van der Waals surface area contributed by atoms with Crippen molar-refractivity contribution in [2.75, 3.05) is 20.1 Å². The van der Waals surface area contributed by atoms with Gasteiger partial charge in [0.1, 0.15) is 12.3 Å². The third kappa shape index (κ3) is 5.23. The Morgan fingerprint density at radius 1 is 1.31 bits per heavy atom. The van der Waals surface area contributed by atoms with Crippen molar-refractivity contribution >= 4 is 23.5 Å². The average Bonchev–Trinajstić information content (AvgIpc) is 3.52. The summed E-state index contributed by atoms with van der Waals surface area (Å²) in [5.41, 5.74) is 5.63. The van der Waals surface area contributed by atoms with Crippen LogP contribution in [0.25, 0.3) is 0 Å². The monoisotopic (exact) mass is 461 g/mol. The lowest BCUT2D eigenvalue weighted by Gasteiger charge is -2.35. The minimum atomic E-state index is -2.54. The minimum Gasteiger partial charge on any atom is -0.330 e. The lowest BCUT2D eigenvalue weighted by molar-refractivity contribution is -0.137. The number of benzene rings is 1. The molecule has 3 aliphatic rings. The summed E-state index contributed by atoms with van der Waals surface area (Å²) in [6, 6.07) is 8.79. The summed E-state index contributed by atoms with van der Waals surface area (Å²) in [6.07, 6.45) is 4.16. The smallest absolute Gasteiger partial charge is 0.249 e. The zero-order valence-corrected chi connectivity index (χ0v) is 19.0. The largest absolute Gasteiger partial charge is 0.330 e. The summed E-state index contributed by atoms with van der Waals surface area (Å²) >= 11 is 1.72. The molecule has 1 N–H and O–H groups in total. The Labute approximate surface area is 191 Å². The van der Waals surface area contributed by atoms with Crippen LogP contribution in [-0.2, 0) is 16.0 Å². The lowest BCUT2D eigenvalue weighted by atomic mass is 9.83. The minimum absolute atomic E-state index is 0.0249. The van der Waals surface area contributed by atoms with E-state index < -0.39 is 5.92 Å². The second kappa shape index (κ2) is 9.75. The number of carbonyl (C=O) groups excluding carboxylic acids is 2. The molecule has 2 aliphatic carbocycles. The molecule has 1 aliphatic heterocycles. The van der Waals surface area contributed by atoms with Crippen LogP contribution >= 0.6 is 11.3 Å². The van der Waals surface area contributed by atoms with E-state index in [0.717, 1.165) is 24.6 Å². The molecule has 32 heavy (non-hydrogen) atoms. The van der Waals surface area contributed by atoms with Crippen LogP contribution in [0.4, 0.5) is 8.78 Å². The fourth-order valence-corrected chi connectivity index (χ4v) is 5.16. The molecule has 1 aromatic heterocycles. The van der Waals surface area contributed by atoms with Gasteiger partial charge in [0.2, 0.25) is 11.8 Å². The van der Waals surface area contributed by atoms with E-state index in [1.807, 2.05) is 17.5 Å². The SMILES string of the molecule is CNCCC(=O)N1CCc2scnc2C1c1cccc(C2CC2)c1.O=CC1CC(F)(F)C1. The lowest BCUT2D eigenvalue weighted by Crippen LogP contribution is -2.41. The Kier molecular flexibility index (Phi) is 7.00. The topological polar surface area (TPSA) is 62.3 Å². The number of nitrogens with zero attached hydrogens (tertiary/aromatic N) is 2. The van der Waals surface area contributed by atoms with E-state index in [1.54, 1.807) is 11.3 Å². The van der Waals surface area contributed by atoms with Gasteiger partial charge >= 0.3 is 0 Å². The van der Waals surface area contributed by atoms with Crippen molar-refractivity contribution in [3.63, 3.8) is 0 Å². The molecule has 1 amide bonds. The van der Waals surface area contributed by atoms with Crippen LogP contribution in [0, 0.1) is 5.92 Å². The average molecular weight is 462 g/mol. The molecule has 0 saturated heterocycles. The molecule has 2 heterocycles. The van der Waals surface area contributed by atoms with Gasteiger partial charge in [0.25, 0.3) is 0 Å². The van der Waals surface area contributed by atoms with E-state index in [-0.39, 0.29) is 30.7 Å². The van der Waals surface area contributed by atoms with Crippen LogP contribution in [0.5, 0.6) is 0 Å². The highest BCUT2D eigenvalue weighted by Crippen LogP contribution is 2.43. The number of fused-ring (bicyclic) bond motifs is 1. The highest BCUT2D eigenvalue weighted by molar-refractivity contribution is 7.09. The molecule has 2 fully saturated rings. The molecule has 1 aromatic carbocycles. The van der Waals surface area contributed by atoms with Gasteiger partial charge in [0, 0.05) is 49.6 Å². The maximum atomic E-state index is 12.8. The highest BCUT2D eigenvalue weighted by atomic mass is 32.1. The van der Waals surface area contributed by atoms with Crippen LogP contribution in [0.3, 0.4) is 0 Å². The van der Waals surface area contributed by atoms with Gasteiger partial charge in [-0.3, -0.25) is 4.79 Å². The Morgan fingerprint density at radius 3 is 2.69 bits per heavy atom. The first-order valence-corrected chi connectivity index (χ1v) is 12.1. The van der Waals surface area contributed by atoms with Gasteiger partial charge in [-0.2, -0.15) is 0 Å². The van der Waals surface area contributed by atoms with Gasteiger partial charge in [-0.15, -0.1) is 11.3 Å². The quantitative estimate of drug-likeness (QED) is 0.651. The number of carbonyl (C=O) groups is 2. The number of hydrogen-bond acceptors (Lipinski definition) is 5. The van der Waals surface area contributed by atoms with E-state index in [9.17, 15) is 18.4 Å². The van der Waals surface area contributed by atoms with Crippen LogP contribution in [0.2, 0.25) is 0 Å². The molecule has 5 nitrogen and oxygen atoms in total. The third-order valence-electron chi connectivity index (χ3n) is 6.32. The van der Waals surface area contributed by atoms with Crippen molar-refractivity contribution in [1.29, 1.82) is 0 Å². The number of hydrogen-bond donors (Lipinski definition) is 1. The van der Waals surface area contributed by atoms with E-state index in [1.165, 1.54) is 28.8 Å². The number of alkyl halides is 2. The Morgan fingerprint density at radius 2 is 2.06 bits per heavy atom. The van der Waals surface area contributed by atoms with E-state index in [2.05, 4.69) is 34.6 Å². The summed E-state index contributed by atoms with van der Waals surface area (Å²) < 4.78 is 23.6. The number of amides is 1. The number of nitrogens with one attached hydrogen (secondary N) is 1. The molecule has 0 spiro atoms. The molecule has 2 aromatic rings. The molecule has 5 rings (SSSR count). The van der Waals surface area contributed by atoms with Crippen molar-refractivity contribution in [3.8, 4) is 0 Å². The van der Waals surface area contributed by atoms with E-state index in [0.29, 0.717) is 19.3 Å². The first-order chi connectivity index (χ1) is 15.4. The fraction of sp³-hybridized carbons (Fsp3) is 0.542. The van der Waals surface area contributed by atoms with Crippen LogP contribution in [0.1, 0.15) is 65.8 Å². The van der Waals surface area contributed by atoms with Gasteiger partial charge in [-0.25, -0.2) is 13.8 Å². The van der Waals surface area contributed by atoms with Gasteiger partial charge in [-0.05, 0) is 36.9 Å². The summed E-state index contributed by atoms with van der Waals surface area (Å²) in [6.45, 7) is 1.50. The van der Waals surface area contributed by atoms with Crippen LogP contribution < -0.4 is 5.32 Å². The molecule has 1 unspecified atom stereocenters. The van der Waals surface area contributed by atoms with Gasteiger partial charge < -0.3 is 15.0 Å². The fourth-order valence-electron chi connectivity index (χ4n) is 4.37. The Balaban J connectivity index is 0.000000260. The van der Waals surface area contributed by atoms with Crippen molar-refractivity contribution in [3.05, 3.63) is 51.5 Å². The predicted molar refractivity (Wildman–Crippen MR) is 120 cm³/mol. The zero-order valence-electron chi connectivity index (χ0n) is 18.2. The second-order valence-electron chi connectivity index (χ2n) is 8.86. The van der Waals surface area contributed by atoms with Crippen molar-refractivity contribution in [2.24, 2.45) is 5.92 Å². The van der Waals surface area contributed by atoms with Crippen LogP contribution in [0.15, 0.2) is 29.8 Å². The zero-order chi connectivity index (χ0) is 22.7. The molecular formula is C24H29F2N3O2S. The standard InChI is InChI=1S/C19H23N3OS.C5H6F2O/c1-20-9-7-17(23)22-10-8-16-18(21-12-24-16)19(22)15-4-2-3-14(11-15)13-5-6-13;6-5(7)1-4(2-5)3-8/h2-4,11-13,19-20H,5-10H2,1H3;3-4H,1-2H2. The van der Waals surface area contributed by atoms with Crippen LogP contribution in [-0.4, -0.2) is 48.1 Å². The first-order valence-electron chi connectivity index (χ1n) is 11.2. The molecule has 172 valence electrons. The predicted octanol–water partition coefficient (Wildman–Crippen LogP) is 4.33. The molecule has 2 saturated carbocycles. The van der Waals surface area contributed by atoms with Crippen molar-refractivity contribution < 1.29 is 18.4 Å². The third-order valence-corrected chi connectivity index (χ3v) is 7.23. The normalized spacial score (nSPS) is 21.7. The van der Waals surface area contributed by atoms with Crippen molar-refractivity contribution in [1.82, 2.24) is 15.2 Å². The number of thiazole rings is 1. The number of aldehydes is 1. The van der Waals surface area contributed by atoms with Gasteiger partial charge in [0.15, 0.2) is 0 Å². The van der Waals surface area contributed by atoms with Gasteiger partial charge in [-0.1, -0.05) is 24.3 Å². The summed E-state index contributed by atoms with van der Waals surface area (Å²) in [7, 11) is 1.89. The van der Waals surface area contributed by atoms with Crippen molar-refractivity contribution in [2.45, 2.75) is 56.4 Å². The Bertz CT molecular complexity index is 952. The molecule has 0 radical (unpaired) electrons. The summed E-state index contributed by atoms with van der Waals surface area (Å²) in [4.78, 5) is 30.5. The summed E-state index contributed by atoms with van der Waals surface area (Å²) in [5.74, 6) is -1.97. The molecule has 8 heteroatoms. The number of aromatic nitrogens is 1. The molecule has 1 atom stereocenters. The highest BCUT2D eigenvalue weighted by Gasteiger charge is 2.44. The number of halogens is 2. The summed E-state index contributed by atoms with van der Waals surface area (Å²) in [5, 5.41) is 3.08. The maximum absolute atomic E-state index is 12.8. The molecule has 0 bridgehead atoms. The van der Waals surface area contributed by atoms with Gasteiger partial charge in [0.05, 0.1) is 11.2 Å². The Hall–Kier alpha value is -2.19. The second-order valence-corrected chi connectivity index (χ2v) is 9.80.